The Labute approximate surface area is 149 Å². The largest absolute Gasteiger partial charge is 0.354 e. The first-order valence-corrected chi connectivity index (χ1v) is 8.65. The number of imidazole rings is 1. The third-order valence-electron chi connectivity index (χ3n) is 4.69. The first-order valence-electron chi connectivity index (χ1n) is 8.65. The van der Waals surface area contributed by atoms with Gasteiger partial charge in [-0.1, -0.05) is 12.1 Å². The second-order valence-electron chi connectivity index (χ2n) is 6.53. The Balaban J connectivity index is 1.47. The third-order valence-corrected chi connectivity index (χ3v) is 4.69. The number of amides is 1. The van der Waals surface area contributed by atoms with Gasteiger partial charge in [0, 0.05) is 26.2 Å². The van der Waals surface area contributed by atoms with Crippen LogP contribution in [0.1, 0.15) is 12.8 Å². The maximum absolute atomic E-state index is 12.7. The van der Waals surface area contributed by atoms with Crippen LogP contribution in [0.5, 0.6) is 0 Å². The molecule has 0 spiro atoms. The molecule has 8 nitrogen and oxygen atoms in total. The van der Waals surface area contributed by atoms with Crippen molar-refractivity contribution in [2.24, 2.45) is 13.0 Å². The molecule has 1 atom stereocenters. The molecular formula is C18H20N6O2. The molecule has 3 heterocycles. The zero-order valence-electron chi connectivity index (χ0n) is 14.5. The number of benzene rings is 1. The topological polar surface area (TPSA) is 95.9 Å². The first-order chi connectivity index (χ1) is 12.6. The summed E-state index contributed by atoms with van der Waals surface area (Å²) in [5, 5.41) is 7.17. The average molecular weight is 352 g/mol. The van der Waals surface area contributed by atoms with Gasteiger partial charge in [0.2, 0.25) is 11.9 Å². The van der Waals surface area contributed by atoms with E-state index in [9.17, 15) is 9.59 Å². The summed E-state index contributed by atoms with van der Waals surface area (Å²) >= 11 is 0. The van der Waals surface area contributed by atoms with Crippen LogP contribution in [0.25, 0.3) is 11.0 Å². The summed E-state index contributed by atoms with van der Waals surface area (Å²) in [6, 6.07) is 10.9. The Morgan fingerprint density at radius 2 is 2.12 bits per heavy atom. The summed E-state index contributed by atoms with van der Waals surface area (Å²) in [4.78, 5) is 33.7. The summed E-state index contributed by atoms with van der Waals surface area (Å²) in [5.41, 5.74) is 1.56. The van der Waals surface area contributed by atoms with E-state index in [0.29, 0.717) is 18.3 Å². The van der Waals surface area contributed by atoms with Gasteiger partial charge in [0.15, 0.2) is 0 Å². The van der Waals surface area contributed by atoms with Crippen LogP contribution in [0, 0.1) is 5.92 Å². The van der Waals surface area contributed by atoms with Crippen LogP contribution in [-0.2, 0) is 11.8 Å². The van der Waals surface area contributed by atoms with Gasteiger partial charge in [-0.25, -0.2) is 9.67 Å². The third kappa shape index (κ3) is 3.17. The Morgan fingerprint density at radius 1 is 1.27 bits per heavy atom. The number of anilines is 2. The number of piperidine rings is 1. The van der Waals surface area contributed by atoms with Gasteiger partial charge in [0.1, 0.15) is 5.82 Å². The summed E-state index contributed by atoms with van der Waals surface area (Å²) in [6.07, 6.45) is 1.71. The van der Waals surface area contributed by atoms with E-state index in [1.165, 1.54) is 10.7 Å². The van der Waals surface area contributed by atoms with Gasteiger partial charge in [-0.3, -0.25) is 14.9 Å². The molecular weight excluding hydrogens is 332 g/mol. The van der Waals surface area contributed by atoms with Crippen molar-refractivity contribution < 1.29 is 4.79 Å². The van der Waals surface area contributed by atoms with Gasteiger partial charge >= 0.3 is 0 Å². The number of hydrogen-bond donors (Lipinski definition) is 2. The summed E-state index contributed by atoms with van der Waals surface area (Å²) in [6.45, 7) is 1.39. The Bertz CT molecular complexity index is 975. The number of nitrogens with zero attached hydrogens (tertiary/aromatic N) is 4. The molecule has 26 heavy (non-hydrogen) atoms. The zero-order chi connectivity index (χ0) is 18.1. The van der Waals surface area contributed by atoms with E-state index in [4.69, 9.17) is 0 Å². The molecule has 2 aromatic heterocycles. The lowest BCUT2D eigenvalue weighted by molar-refractivity contribution is -0.120. The molecule has 0 aliphatic carbocycles. The fourth-order valence-corrected chi connectivity index (χ4v) is 3.29. The standard InChI is InChI=1S/C18H20N6O2/c1-23-16(25)9-8-15(22-23)24-10-4-5-12(11-24)17(26)21-18-19-13-6-2-3-7-14(13)20-18/h2-3,6-9,12H,4-5,10-11H2,1H3,(H2,19,20,21,26)/t12-/m1/s1. The maximum atomic E-state index is 12.7. The Hall–Kier alpha value is -3.16. The summed E-state index contributed by atoms with van der Waals surface area (Å²) in [7, 11) is 1.63. The molecule has 1 aromatic carbocycles. The molecule has 2 N–H and O–H groups in total. The van der Waals surface area contributed by atoms with Gasteiger partial charge in [0.25, 0.3) is 5.56 Å². The molecule has 4 rings (SSSR count). The highest BCUT2D eigenvalue weighted by atomic mass is 16.2. The van der Waals surface area contributed by atoms with E-state index in [1.54, 1.807) is 13.1 Å². The van der Waals surface area contributed by atoms with Crippen molar-refractivity contribution in [1.29, 1.82) is 0 Å². The van der Waals surface area contributed by atoms with Crippen LogP contribution in [0.15, 0.2) is 41.2 Å². The predicted molar refractivity (Wildman–Crippen MR) is 99.1 cm³/mol. The number of nitrogens with one attached hydrogen (secondary N) is 2. The van der Waals surface area contributed by atoms with Crippen molar-refractivity contribution in [2.45, 2.75) is 12.8 Å². The van der Waals surface area contributed by atoms with E-state index in [-0.39, 0.29) is 17.4 Å². The fourth-order valence-electron chi connectivity index (χ4n) is 3.29. The Kier molecular flexibility index (Phi) is 4.16. The van der Waals surface area contributed by atoms with Crippen LogP contribution in [0.3, 0.4) is 0 Å². The monoisotopic (exact) mass is 352 g/mol. The molecule has 1 aliphatic heterocycles. The molecule has 0 unspecified atom stereocenters. The van der Waals surface area contributed by atoms with Crippen molar-refractivity contribution in [1.82, 2.24) is 19.7 Å². The highest BCUT2D eigenvalue weighted by Gasteiger charge is 2.27. The average Bonchev–Trinajstić information content (AvgIpc) is 3.06. The van der Waals surface area contributed by atoms with Gasteiger partial charge in [-0.2, -0.15) is 5.10 Å². The lowest BCUT2D eigenvalue weighted by atomic mass is 9.97. The van der Waals surface area contributed by atoms with Crippen LogP contribution in [0.2, 0.25) is 0 Å². The molecule has 8 heteroatoms. The minimum absolute atomic E-state index is 0.0569. The van der Waals surface area contributed by atoms with Crippen molar-refractivity contribution in [3.63, 3.8) is 0 Å². The number of aromatic amines is 1. The second-order valence-corrected chi connectivity index (χ2v) is 6.53. The number of aryl methyl sites for hydroxylation is 1. The van der Waals surface area contributed by atoms with E-state index < -0.39 is 0 Å². The van der Waals surface area contributed by atoms with Gasteiger partial charge in [0.05, 0.1) is 17.0 Å². The van der Waals surface area contributed by atoms with E-state index >= 15 is 0 Å². The number of carbonyl (C=O) groups is 1. The van der Waals surface area contributed by atoms with Crippen LogP contribution >= 0.6 is 0 Å². The first kappa shape index (κ1) is 16.3. The molecule has 0 saturated carbocycles. The minimum Gasteiger partial charge on any atom is -0.354 e. The van der Waals surface area contributed by atoms with E-state index in [0.717, 1.165) is 30.4 Å². The molecule has 3 aromatic rings. The molecule has 134 valence electrons. The smallest absolute Gasteiger partial charge is 0.266 e. The number of hydrogen-bond acceptors (Lipinski definition) is 5. The number of H-pyrrole nitrogens is 1. The second kappa shape index (κ2) is 6.62. The zero-order valence-corrected chi connectivity index (χ0v) is 14.5. The van der Waals surface area contributed by atoms with Gasteiger partial charge in [-0.15, -0.1) is 0 Å². The van der Waals surface area contributed by atoms with E-state index in [1.807, 2.05) is 29.2 Å². The number of rotatable bonds is 3. The van der Waals surface area contributed by atoms with Crippen molar-refractivity contribution in [3.05, 3.63) is 46.8 Å². The summed E-state index contributed by atoms with van der Waals surface area (Å²) < 4.78 is 1.31. The number of para-hydroxylation sites is 2. The number of fused-ring (bicyclic) bond motifs is 1. The molecule has 0 radical (unpaired) electrons. The molecule has 1 saturated heterocycles. The van der Waals surface area contributed by atoms with Crippen molar-refractivity contribution in [2.75, 3.05) is 23.3 Å². The molecule has 1 fully saturated rings. The normalized spacial score (nSPS) is 17.4. The lowest BCUT2D eigenvalue weighted by Gasteiger charge is -2.32. The lowest BCUT2D eigenvalue weighted by Crippen LogP contribution is -2.41. The quantitative estimate of drug-likeness (QED) is 0.745. The molecule has 1 aliphatic rings. The highest BCUT2D eigenvalue weighted by Crippen LogP contribution is 2.22. The molecule has 0 bridgehead atoms. The maximum Gasteiger partial charge on any atom is 0.266 e. The van der Waals surface area contributed by atoms with Crippen molar-refractivity contribution >= 4 is 28.7 Å². The van der Waals surface area contributed by atoms with Gasteiger partial charge < -0.3 is 9.88 Å². The van der Waals surface area contributed by atoms with Crippen LogP contribution in [-0.4, -0.2) is 38.7 Å². The fraction of sp³-hybridized carbons (Fsp3) is 0.333. The summed E-state index contributed by atoms with van der Waals surface area (Å²) in [5.74, 6) is 0.969. The SMILES string of the molecule is Cn1nc(N2CCC[C@@H](C(=O)Nc3nc4ccccc4[nH]3)C2)ccc1=O. The van der Waals surface area contributed by atoms with Crippen LogP contribution < -0.4 is 15.8 Å². The number of carbonyl (C=O) groups excluding carboxylic acids is 1. The Morgan fingerprint density at radius 3 is 2.92 bits per heavy atom. The van der Waals surface area contributed by atoms with Gasteiger partial charge in [-0.05, 0) is 31.0 Å². The highest BCUT2D eigenvalue weighted by molar-refractivity contribution is 5.93. The number of aromatic nitrogens is 4. The minimum atomic E-state index is -0.156. The van der Waals surface area contributed by atoms with Crippen LogP contribution in [0.4, 0.5) is 11.8 Å². The predicted octanol–water partition coefficient (Wildman–Crippen LogP) is 1.51. The van der Waals surface area contributed by atoms with Crippen molar-refractivity contribution in [3.8, 4) is 0 Å². The van der Waals surface area contributed by atoms with E-state index in [2.05, 4.69) is 20.4 Å². The molecule has 1 amide bonds.